The first-order valence-electron chi connectivity index (χ1n) is 6.77. The van der Waals surface area contributed by atoms with E-state index < -0.39 is 0 Å². The minimum absolute atomic E-state index is 0.196. The Labute approximate surface area is 119 Å². The Bertz CT molecular complexity index is 420. The summed E-state index contributed by atoms with van der Waals surface area (Å²) in [5.41, 5.74) is 0. The SMILES string of the molecule is COCCN(C)C(=O)N[C@@H](C)c1nc(CC(C)C)no1. The zero-order chi connectivity index (χ0) is 15.1. The van der Waals surface area contributed by atoms with E-state index in [0.29, 0.717) is 30.8 Å². The van der Waals surface area contributed by atoms with Crippen LogP contribution in [0, 0.1) is 5.92 Å². The van der Waals surface area contributed by atoms with Crippen LogP contribution in [-0.4, -0.2) is 48.4 Å². The van der Waals surface area contributed by atoms with Gasteiger partial charge in [-0.05, 0) is 12.8 Å². The normalized spacial score (nSPS) is 12.5. The van der Waals surface area contributed by atoms with Gasteiger partial charge in [0, 0.05) is 27.1 Å². The maximum atomic E-state index is 11.9. The minimum atomic E-state index is -0.319. The van der Waals surface area contributed by atoms with Crippen molar-refractivity contribution in [2.75, 3.05) is 27.3 Å². The lowest BCUT2D eigenvalue weighted by Crippen LogP contribution is -2.40. The van der Waals surface area contributed by atoms with Crippen molar-refractivity contribution in [3.63, 3.8) is 0 Å². The molecule has 0 unspecified atom stereocenters. The Hall–Kier alpha value is -1.63. The van der Waals surface area contributed by atoms with E-state index >= 15 is 0 Å². The molecule has 0 aromatic carbocycles. The van der Waals surface area contributed by atoms with Crippen molar-refractivity contribution < 1.29 is 14.1 Å². The number of hydrogen-bond acceptors (Lipinski definition) is 5. The summed E-state index contributed by atoms with van der Waals surface area (Å²) in [6.45, 7) is 7.02. The molecule has 7 nitrogen and oxygen atoms in total. The Morgan fingerprint density at radius 2 is 2.15 bits per heavy atom. The summed E-state index contributed by atoms with van der Waals surface area (Å²) in [4.78, 5) is 17.7. The average molecular weight is 284 g/mol. The fraction of sp³-hybridized carbons (Fsp3) is 0.769. The first-order chi connectivity index (χ1) is 9.43. The fourth-order valence-electron chi connectivity index (χ4n) is 1.58. The molecule has 1 aromatic rings. The van der Waals surface area contributed by atoms with Gasteiger partial charge in [0.25, 0.3) is 0 Å². The van der Waals surface area contributed by atoms with Crippen molar-refractivity contribution in [3.05, 3.63) is 11.7 Å². The van der Waals surface area contributed by atoms with Gasteiger partial charge in [0.15, 0.2) is 5.82 Å². The predicted octanol–water partition coefficient (Wildman–Crippen LogP) is 1.62. The lowest BCUT2D eigenvalue weighted by atomic mass is 10.1. The van der Waals surface area contributed by atoms with Gasteiger partial charge in [0.1, 0.15) is 6.04 Å². The number of methoxy groups -OCH3 is 1. The van der Waals surface area contributed by atoms with Crippen molar-refractivity contribution in [2.24, 2.45) is 5.92 Å². The highest BCUT2D eigenvalue weighted by molar-refractivity contribution is 5.74. The van der Waals surface area contributed by atoms with Crippen molar-refractivity contribution in [2.45, 2.75) is 33.2 Å². The first-order valence-corrected chi connectivity index (χ1v) is 6.77. The van der Waals surface area contributed by atoms with Gasteiger partial charge in [-0.1, -0.05) is 19.0 Å². The lowest BCUT2D eigenvalue weighted by molar-refractivity contribution is 0.157. The quantitative estimate of drug-likeness (QED) is 0.823. The maximum absolute atomic E-state index is 11.9. The monoisotopic (exact) mass is 284 g/mol. The van der Waals surface area contributed by atoms with Crippen LogP contribution in [0.4, 0.5) is 4.79 Å². The molecule has 0 saturated carbocycles. The van der Waals surface area contributed by atoms with Gasteiger partial charge < -0.3 is 19.5 Å². The fourth-order valence-corrected chi connectivity index (χ4v) is 1.58. The Morgan fingerprint density at radius 3 is 2.75 bits per heavy atom. The second kappa shape index (κ2) is 7.84. The molecule has 2 amide bonds. The van der Waals surface area contributed by atoms with Crippen LogP contribution in [0.3, 0.4) is 0 Å². The van der Waals surface area contributed by atoms with E-state index in [1.165, 1.54) is 0 Å². The van der Waals surface area contributed by atoms with Crippen molar-refractivity contribution in [3.8, 4) is 0 Å². The molecule has 0 aliphatic rings. The minimum Gasteiger partial charge on any atom is -0.383 e. The largest absolute Gasteiger partial charge is 0.383 e. The van der Waals surface area contributed by atoms with Gasteiger partial charge in [-0.15, -0.1) is 0 Å². The Kier molecular flexibility index (Phi) is 6.44. The molecule has 0 radical (unpaired) electrons. The first kappa shape index (κ1) is 16.4. The number of amides is 2. The highest BCUT2D eigenvalue weighted by Crippen LogP contribution is 2.12. The van der Waals surface area contributed by atoms with Crippen molar-refractivity contribution >= 4 is 6.03 Å². The molecule has 0 aliphatic heterocycles. The third kappa shape index (κ3) is 5.16. The van der Waals surface area contributed by atoms with Crippen LogP contribution in [0.15, 0.2) is 4.52 Å². The van der Waals surface area contributed by atoms with Gasteiger partial charge in [-0.25, -0.2) is 4.79 Å². The standard InChI is InChI=1S/C13H24N4O3/c1-9(2)8-11-15-12(20-16-11)10(3)14-13(18)17(4)6-7-19-5/h9-10H,6-8H2,1-5H3,(H,14,18)/t10-/m0/s1. The molecular weight excluding hydrogens is 260 g/mol. The molecule has 20 heavy (non-hydrogen) atoms. The van der Waals surface area contributed by atoms with E-state index in [9.17, 15) is 4.79 Å². The molecular formula is C13H24N4O3. The highest BCUT2D eigenvalue weighted by atomic mass is 16.5. The Balaban J connectivity index is 2.51. The third-order valence-electron chi connectivity index (χ3n) is 2.76. The zero-order valence-corrected chi connectivity index (χ0v) is 12.8. The molecule has 0 spiro atoms. The summed E-state index contributed by atoms with van der Waals surface area (Å²) in [6, 6.07) is -0.515. The third-order valence-corrected chi connectivity index (χ3v) is 2.76. The average Bonchev–Trinajstić information content (AvgIpc) is 2.83. The van der Waals surface area contributed by atoms with Crippen molar-refractivity contribution in [1.82, 2.24) is 20.4 Å². The van der Waals surface area contributed by atoms with Crippen LogP contribution in [0.25, 0.3) is 0 Å². The van der Waals surface area contributed by atoms with Crippen LogP contribution < -0.4 is 5.32 Å². The number of likely N-dealkylation sites (N-methyl/N-ethyl adjacent to an activating group) is 1. The number of nitrogens with zero attached hydrogens (tertiary/aromatic N) is 3. The molecule has 1 heterocycles. The second-order valence-electron chi connectivity index (χ2n) is 5.23. The van der Waals surface area contributed by atoms with Gasteiger partial charge in [-0.3, -0.25) is 0 Å². The van der Waals surface area contributed by atoms with Gasteiger partial charge in [-0.2, -0.15) is 4.98 Å². The summed E-state index contributed by atoms with van der Waals surface area (Å²) in [7, 11) is 3.31. The van der Waals surface area contributed by atoms with Crippen LogP contribution in [0.2, 0.25) is 0 Å². The second-order valence-corrected chi connectivity index (χ2v) is 5.23. The van der Waals surface area contributed by atoms with E-state index in [4.69, 9.17) is 9.26 Å². The smallest absolute Gasteiger partial charge is 0.317 e. The van der Waals surface area contributed by atoms with Crippen LogP contribution >= 0.6 is 0 Å². The van der Waals surface area contributed by atoms with E-state index in [0.717, 1.165) is 6.42 Å². The zero-order valence-electron chi connectivity index (χ0n) is 12.8. The van der Waals surface area contributed by atoms with E-state index in [-0.39, 0.29) is 12.1 Å². The molecule has 114 valence electrons. The molecule has 1 aromatic heterocycles. The van der Waals surface area contributed by atoms with E-state index in [1.54, 1.807) is 19.1 Å². The van der Waals surface area contributed by atoms with E-state index in [1.807, 2.05) is 6.92 Å². The molecule has 0 saturated heterocycles. The number of nitrogens with one attached hydrogen (secondary N) is 1. The van der Waals surface area contributed by atoms with Gasteiger partial charge in [0.2, 0.25) is 5.89 Å². The van der Waals surface area contributed by atoms with Crippen LogP contribution in [0.1, 0.15) is 38.5 Å². The molecule has 1 atom stereocenters. The number of rotatable bonds is 7. The highest BCUT2D eigenvalue weighted by Gasteiger charge is 2.18. The summed E-state index contributed by atoms with van der Waals surface area (Å²) in [5.74, 6) is 1.56. The summed E-state index contributed by atoms with van der Waals surface area (Å²) < 4.78 is 10.1. The van der Waals surface area contributed by atoms with Crippen molar-refractivity contribution in [1.29, 1.82) is 0 Å². The molecule has 0 aliphatic carbocycles. The van der Waals surface area contributed by atoms with Crippen LogP contribution in [0.5, 0.6) is 0 Å². The lowest BCUT2D eigenvalue weighted by Gasteiger charge is -2.19. The van der Waals surface area contributed by atoms with Gasteiger partial charge >= 0.3 is 6.03 Å². The molecule has 1 N–H and O–H groups in total. The predicted molar refractivity (Wildman–Crippen MR) is 74.3 cm³/mol. The van der Waals surface area contributed by atoms with Gasteiger partial charge in [0.05, 0.1) is 6.61 Å². The number of urea groups is 1. The summed E-state index contributed by atoms with van der Waals surface area (Å²) >= 11 is 0. The Morgan fingerprint density at radius 1 is 1.45 bits per heavy atom. The van der Waals surface area contributed by atoms with Crippen LogP contribution in [-0.2, 0) is 11.2 Å². The number of ether oxygens (including phenoxy) is 1. The topological polar surface area (TPSA) is 80.5 Å². The number of carbonyl (C=O) groups excluding carboxylic acids is 1. The summed E-state index contributed by atoms with van der Waals surface area (Å²) in [6.07, 6.45) is 0.762. The van der Waals surface area contributed by atoms with E-state index in [2.05, 4.69) is 29.3 Å². The maximum Gasteiger partial charge on any atom is 0.317 e. The summed E-state index contributed by atoms with van der Waals surface area (Å²) in [5, 5.41) is 6.71. The molecule has 1 rings (SSSR count). The molecule has 0 fully saturated rings. The number of hydrogen-bond donors (Lipinski definition) is 1. The number of aromatic nitrogens is 2. The molecule has 0 bridgehead atoms. The molecule has 7 heteroatoms. The number of carbonyl (C=O) groups is 1.